The zero-order chi connectivity index (χ0) is 15.2. The van der Waals surface area contributed by atoms with Gasteiger partial charge in [-0.3, -0.25) is 0 Å². The Kier molecular flexibility index (Phi) is 4.77. The van der Waals surface area contributed by atoms with Crippen molar-refractivity contribution in [2.45, 2.75) is 13.3 Å². The van der Waals surface area contributed by atoms with Crippen LogP contribution in [0.15, 0.2) is 55.1 Å². The van der Waals surface area contributed by atoms with Crippen molar-refractivity contribution in [1.82, 2.24) is 0 Å². The number of esters is 1. The molecule has 21 heavy (non-hydrogen) atoms. The highest BCUT2D eigenvalue weighted by Gasteiger charge is 2.12. The quantitative estimate of drug-likeness (QED) is 0.473. The molecule has 0 saturated heterocycles. The van der Waals surface area contributed by atoms with E-state index in [1.807, 2.05) is 37.3 Å². The molecule has 0 saturated carbocycles. The van der Waals surface area contributed by atoms with Gasteiger partial charge in [-0.1, -0.05) is 29.8 Å². The fraction of sp³-hybridized carbons (Fsp3) is 0.167. The molecule has 3 heteroatoms. The Morgan fingerprint density at radius 1 is 1.19 bits per heavy atom. The van der Waals surface area contributed by atoms with E-state index in [2.05, 4.69) is 6.58 Å². The summed E-state index contributed by atoms with van der Waals surface area (Å²) in [4.78, 5) is 12.2. The summed E-state index contributed by atoms with van der Waals surface area (Å²) in [5, 5.41) is 0. The third-order valence-electron chi connectivity index (χ3n) is 3.06. The zero-order valence-electron chi connectivity index (χ0n) is 12.3. The van der Waals surface area contributed by atoms with Crippen LogP contribution in [0.5, 0.6) is 11.5 Å². The Bertz CT molecular complexity index is 659. The number of hydrogen-bond acceptors (Lipinski definition) is 3. The van der Waals surface area contributed by atoms with E-state index in [4.69, 9.17) is 9.47 Å². The summed E-state index contributed by atoms with van der Waals surface area (Å²) < 4.78 is 10.7. The average molecular weight is 282 g/mol. The summed E-state index contributed by atoms with van der Waals surface area (Å²) in [6.45, 7) is 5.64. The number of ether oxygens (including phenoxy) is 2. The van der Waals surface area contributed by atoms with E-state index < -0.39 is 5.97 Å². The maximum Gasteiger partial charge on any atom is 0.343 e. The molecule has 0 N–H and O–H groups in total. The normalized spacial score (nSPS) is 10.0. The van der Waals surface area contributed by atoms with Crippen LogP contribution in [0.2, 0.25) is 0 Å². The number of hydrogen-bond donors (Lipinski definition) is 0. The van der Waals surface area contributed by atoms with Crippen LogP contribution >= 0.6 is 0 Å². The summed E-state index contributed by atoms with van der Waals surface area (Å²) >= 11 is 0. The number of methoxy groups -OCH3 is 1. The van der Waals surface area contributed by atoms with Gasteiger partial charge >= 0.3 is 5.97 Å². The molecule has 0 atom stereocenters. The molecule has 0 aliphatic heterocycles. The lowest BCUT2D eigenvalue weighted by molar-refractivity contribution is 0.0729. The highest BCUT2D eigenvalue weighted by molar-refractivity contribution is 5.91. The predicted octanol–water partition coefficient (Wildman–Crippen LogP) is 3.95. The Morgan fingerprint density at radius 2 is 2.00 bits per heavy atom. The molecule has 0 amide bonds. The number of allylic oxidation sites excluding steroid dienone is 1. The first-order valence-corrected chi connectivity index (χ1v) is 6.70. The van der Waals surface area contributed by atoms with Crippen LogP contribution in [0.1, 0.15) is 21.5 Å². The van der Waals surface area contributed by atoms with Crippen LogP contribution in [0.25, 0.3) is 0 Å². The highest BCUT2D eigenvalue weighted by Crippen LogP contribution is 2.29. The van der Waals surface area contributed by atoms with Gasteiger partial charge in [0, 0.05) is 0 Å². The highest BCUT2D eigenvalue weighted by atomic mass is 16.6. The molecule has 0 bridgehead atoms. The molecule has 0 radical (unpaired) electrons. The molecule has 0 fully saturated rings. The molecule has 0 unspecified atom stereocenters. The second kappa shape index (κ2) is 6.75. The van der Waals surface area contributed by atoms with Crippen molar-refractivity contribution in [1.29, 1.82) is 0 Å². The molecule has 3 nitrogen and oxygen atoms in total. The van der Waals surface area contributed by atoms with E-state index in [1.54, 1.807) is 25.3 Å². The van der Waals surface area contributed by atoms with Crippen LogP contribution in [-0.2, 0) is 6.42 Å². The SMILES string of the molecule is C=CCc1ccc(OC(=O)c2cccc(C)c2)c(OC)c1. The molecule has 0 aliphatic rings. The van der Waals surface area contributed by atoms with Crippen LogP contribution in [0.4, 0.5) is 0 Å². The van der Waals surface area contributed by atoms with Crippen molar-refractivity contribution < 1.29 is 14.3 Å². The summed E-state index contributed by atoms with van der Waals surface area (Å²) in [6, 6.07) is 12.8. The zero-order valence-corrected chi connectivity index (χ0v) is 12.3. The Morgan fingerprint density at radius 3 is 2.67 bits per heavy atom. The van der Waals surface area contributed by atoms with Gasteiger partial charge in [0.15, 0.2) is 11.5 Å². The fourth-order valence-electron chi connectivity index (χ4n) is 2.02. The molecular weight excluding hydrogens is 264 g/mol. The van der Waals surface area contributed by atoms with Crippen molar-refractivity contribution in [2.75, 3.05) is 7.11 Å². The lowest BCUT2D eigenvalue weighted by Gasteiger charge is -2.10. The number of carbonyl (C=O) groups is 1. The van der Waals surface area contributed by atoms with Gasteiger partial charge in [0.25, 0.3) is 0 Å². The van der Waals surface area contributed by atoms with Crippen molar-refractivity contribution in [3.8, 4) is 11.5 Å². The topological polar surface area (TPSA) is 35.5 Å². The lowest BCUT2D eigenvalue weighted by Crippen LogP contribution is -2.09. The van der Waals surface area contributed by atoms with Crippen LogP contribution in [0.3, 0.4) is 0 Å². The van der Waals surface area contributed by atoms with E-state index in [-0.39, 0.29) is 0 Å². The number of aryl methyl sites for hydroxylation is 1. The molecule has 2 aromatic carbocycles. The van der Waals surface area contributed by atoms with Crippen molar-refractivity contribution >= 4 is 5.97 Å². The molecule has 0 heterocycles. The van der Waals surface area contributed by atoms with Crippen LogP contribution in [0, 0.1) is 6.92 Å². The standard InChI is InChI=1S/C18H18O3/c1-4-6-14-9-10-16(17(12-14)20-3)21-18(19)15-8-5-7-13(2)11-15/h4-5,7-12H,1,6H2,2-3H3. The predicted molar refractivity (Wildman–Crippen MR) is 83.0 cm³/mol. The Labute approximate surface area is 124 Å². The first-order chi connectivity index (χ1) is 10.1. The van der Waals surface area contributed by atoms with E-state index in [0.717, 1.165) is 17.5 Å². The lowest BCUT2D eigenvalue weighted by atomic mass is 10.1. The van der Waals surface area contributed by atoms with Gasteiger partial charge in [0.1, 0.15) is 0 Å². The van der Waals surface area contributed by atoms with E-state index in [9.17, 15) is 4.79 Å². The van der Waals surface area contributed by atoms with E-state index in [1.165, 1.54) is 0 Å². The summed E-state index contributed by atoms with van der Waals surface area (Å²) in [7, 11) is 1.55. The van der Waals surface area contributed by atoms with Gasteiger partial charge in [-0.25, -0.2) is 4.79 Å². The molecular formula is C18H18O3. The second-order valence-corrected chi connectivity index (χ2v) is 4.74. The summed E-state index contributed by atoms with van der Waals surface area (Å²) in [6.07, 6.45) is 2.55. The van der Waals surface area contributed by atoms with Gasteiger partial charge in [-0.15, -0.1) is 6.58 Å². The minimum Gasteiger partial charge on any atom is -0.493 e. The first kappa shape index (κ1) is 14.9. The molecule has 0 aliphatic carbocycles. The van der Waals surface area contributed by atoms with Crippen molar-refractivity contribution in [3.63, 3.8) is 0 Å². The van der Waals surface area contributed by atoms with Gasteiger partial charge in [-0.05, 0) is 43.2 Å². The third kappa shape index (κ3) is 3.72. The van der Waals surface area contributed by atoms with Crippen LogP contribution in [-0.4, -0.2) is 13.1 Å². The van der Waals surface area contributed by atoms with Gasteiger partial charge in [0.2, 0.25) is 0 Å². The van der Waals surface area contributed by atoms with Crippen LogP contribution < -0.4 is 9.47 Å². The summed E-state index contributed by atoms with van der Waals surface area (Å²) in [5.74, 6) is 0.556. The largest absolute Gasteiger partial charge is 0.493 e. The van der Waals surface area contributed by atoms with E-state index in [0.29, 0.717) is 17.1 Å². The molecule has 0 aromatic heterocycles. The number of carbonyl (C=O) groups excluding carboxylic acids is 1. The maximum absolute atomic E-state index is 12.2. The smallest absolute Gasteiger partial charge is 0.343 e. The monoisotopic (exact) mass is 282 g/mol. The van der Waals surface area contributed by atoms with Gasteiger partial charge < -0.3 is 9.47 Å². The molecule has 2 aromatic rings. The van der Waals surface area contributed by atoms with E-state index >= 15 is 0 Å². The third-order valence-corrected chi connectivity index (χ3v) is 3.06. The number of rotatable bonds is 5. The minimum absolute atomic E-state index is 0.395. The fourth-order valence-corrected chi connectivity index (χ4v) is 2.02. The van der Waals surface area contributed by atoms with Gasteiger partial charge in [-0.2, -0.15) is 0 Å². The average Bonchev–Trinajstić information content (AvgIpc) is 2.49. The van der Waals surface area contributed by atoms with Gasteiger partial charge in [0.05, 0.1) is 12.7 Å². The first-order valence-electron chi connectivity index (χ1n) is 6.70. The minimum atomic E-state index is -0.395. The molecule has 108 valence electrons. The number of benzene rings is 2. The summed E-state index contributed by atoms with van der Waals surface area (Å²) in [5.41, 5.74) is 2.59. The molecule has 2 rings (SSSR count). The Hall–Kier alpha value is -2.55. The van der Waals surface area contributed by atoms with Crippen molar-refractivity contribution in [2.24, 2.45) is 0 Å². The van der Waals surface area contributed by atoms with Crippen molar-refractivity contribution in [3.05, 3.63) is 71.8 Å². The molecule has 0 spiro atoms. The second-order valence-electron chi connectivity index (χ2n) is 4.74. The Balaban J connectivity index is 2.22. The maximum atomic E-state index is 12.2.